The summed E-state index contributed by atoms with van der Waals surface area (Å²) in [5.74, 6) is -0.355. The van der Waals surface area contributed by atoms with E-state index in [0.717, 1.165) is 6.42 Å². The first-order chi connectivity index (χ1) is 13.3. The molecule has 2 aromatic rings. The van der Waals surface area contributed by atoms with Crippen molar-refractivity contribution in [3.05, 3.63) is 34.1 Å². The van der Waals surface area contributed by atoms with Crippen LogP contribution < -0.4 is 10.9 Å². The van der Waals surface area contributed by atoms with Crippen molar-refractivity contribution in [3.63, 3.8) is 0 Å². The van der Waals surface area contributed by atoms with Crippen molar-refractivity contribution in [2.24, 2.45) is 5.92 Å². The van der Waals surface area contributed by atoms with Gasteiger partial charge in [0.1, 0.15) is 0 Å². The van der Waals surface area contributed by atoms with Crippen LogP contribution in [-0.4, -0.2) is 40.3 Å². The third kappa shape index (κ3) is 5.13. The topological polar surface area (TPSA) is 90.3 Å². The minimum absolute atomic E-state index is 0.0967. The SMILES string of the molecule is CCCNC(=O)[C@@H](C)Sc1nc2cc(C(=O)OC)ccc2c(=O)n1CC(C)C. The first-order valence-corrected chi connectivity index (χ1v) is 10.2. The molecule has 0 unspecified atom stereocenters. The number of amides is 1. The minimum atomic E-state index is -0.489. The molecule has 0 fully saturated rings. The smallest absolute Gasteiger partial charge is 0.337 e. The molecule has 8 heteroatoms. The number of esters is 1. The Morgan fingerprint density at radius 3 is 2.61 bits per heavy atom. The van der Waals surface area contributed by atoms with Gasteiger partial charge in [-0.1, -0.05) is 32.5 Å². The molecule has 0 saturated carbocycles. The van der Waals surface area contributed by atoms with Crippen molar-refractivity contribution in [1.82, 2.24) is 14.9 Å². The average Bonchev–Trinajstić information content (AvgIpc) is 2.67. The molecule has 0 aliphatic rings. The van der Waals surface area contributed by atoms with Crippen LogP contribution in [0.5, 0.6) is 0 Å². The summed E-state index contributed by atoms with van der Waals surface area (Å²) in [4.78, 5) is 41.7. The zero-order chi connectivity index (χ0) is 20.8. The van der Waals surface area contributed by atoms with E-state index < -0.39 is 11.2 Å². The van der Waals surface area contributed by atoms with Crippen LogP contribution in [-0.2, 0) is 16.1 Å². The maximum atomic E-state index is 13.1. The Morgan fingerprint density at radius 2 is 2.00 bits per heavy atom. The highest BCUT2D eigenvalue weighted by Gasteiger charge is 2.20. The predicted octanol–water partition coefficient (Wildman–Crippen LogP) is 2.85. The Balaban J connectivity index is 2.52. The highest BCUT2D eigenvalue weighted by atomic mass is 32.2. The summed E-state index contributed by atoms with van der Waals surface area (Å²) >= 11 is 1.24. The second kappa shape index (κ2) is 9.73. The number of nitrogens with one attached hydrogen (secondary N) is 1. The fourth-order valence-electron chi connectivity index (χ4n) is 2.67. The van der Waals surface area contributed by atoms with Crippen LogP contribution in [0.4, 0.5) is 0 Å². The number of thioether (sulfide) groups is 1. The predicted molar refractivity (Wildman–Crippen MR) is 111 cm³/mol. The van der Waals surface area contributed by atoms with Gasteiger partial charge in [-0.15, -0.1) is 0 Å². The van der Waals surface area contributed by atoms with Crippen molar-refractivity contribution in [1.29, 1.82) is 0 Å². The van der Waals surface area contributed by atoms with E-state index in [2.05, 4.69) is 10.3 Å². The van der Waals surface area contributed by atoms with Gasteiger partial charge < -0.3 is 10.1 Å². The number of carbonyl (C=O) groups excluding carboxylic acids is 2. The van der Waals surface area contributed by atoms with Gasteiger partial charge in [0.2, 0.25) is 5.91 Å². The van der Waals surface area contributed by atoms with Crippen LogP contribution in [0, 0.1) is 5.92 Å². The molecule has 0 radical (unpaired) electrons. The van der Waals surface area contributed by atoms with Gasteiger partial charge >= 0.3 is 5.97 Å². The number of hydrogen-bond acceptors (Lipinski definition) is 6. The van der Waals surface area contributed by atoms with Crippen molar-refractivity contribution in [3.8, 4) is 0 Å². The normalized spacial score (nSPS) is 12.2. The van der Waals surface area contributed by atoms with Crippen molar-refractivity contribution in [2.45, 2.75) is 51.1 Å². The molecule has 1 aromatic heterocycles. The van der Waals surface area contributed by atoms with Crippen LogP contribution in [0.15, 0.2) is 28.2 Å². The fraction of sp³-hybridized carbons (Fsp3) is 0.500. The van der Waals surface area contributed by atoms with Gasteiger partial charge in [-0.05, 0) is 37.5 Å². The Morgan fingerprint density at radius 1 is 1.29 bits per heavy atom. The summed E-state index contributed by atoms with van der Waals surface area (Å²) in [5.41, 5.74) is 0.559. The molecule has 152 valence electrons. The van der Waals surface area contributed by atoms with Gasteiger partial charge in [0.05, 0.1) is 28.8 Å². The van der Waals surface area contributed by atoms with E-state index in [9.17, 15) is 14.4 Å². The van der Waals surface area contributed by atoms with Gasteiger partial charge in [0.15, 0.2) is 5.16 Å². The van der Waals surface area contributed by atoms with E-state index in [4.69, 9.17) is 4.74 Å². The van der Waals surface area contributed by atoms with Crippen molar-refractivity contribution >= 4 is 34.5 Å². The zero-order valence-electron chi connectivity index (χ0n) is 16.9. The molecule has 1 N–H and O–H groups in total. The number of benzene rings is 1. The van der Waals surface area contributed by atoms with Crippen molar-refractivity contribution in [2.75, 3.05) is 13.7 Å². The van der Waals surface area contributed by atoms with Crippen LogP contribution in [0.1, 0.15) is 44.5 Å². The number of methoxy groups -OCH3 is 1. The maximum Gasteiger partial charge on any atom is 0.337 e. The van der Waals surface area contributed by atoms with Crippen LogP contribution in [0.25, 0.3) is 10.9 Å². The van der Waals surface area contributed by atoms with Gasteiger partial charge in [0.25, 0.3) is 5.56 Å². The highest BCUT2D eigenvalue weighted by Crippen LogP contribution is 2.24. The Labute approximate surface area is 168 Å². The number of aromatic nitrogens is 2. The number of carbonyl (C=O) groups is 2. The summed E-state index contributed by atoms with van der Waals surface area (Å²) in [7, 11) is 1.30. The number of hydrogen-bond donors (Lipinski definition) is 1. The molecule has 0 spiro atoms. The molecule has 7 nitrogen and oxygen atoms in total. The maximum absolute atomic E-state index is 13.1. The molecular formula is C20H27N3O4S. The second-order valence-corrected chi connectivity index (χ2v) is 8.29. The Bertz CT molecular complexity index is 924. The van der Waals surface area contributed by atoms with Crippen LogP contribution in [0.3, 0.4) is 0 Å². The van der Waals surface area contributed by atoms with Crippen LogP contribution in [0.2, 0.25) is 0 Å². The quantitative estimate of drug-likeness (QED) is 0.413. The largest absolute Gasteiger partial charge is 0.465 e. The summed E-state index contributed by atoms with van der Waals surface area (Å²) in [6.45, 7) is 8.91. The van der Waals surface area contributed by atoms with E-state index in [-0.39, 0.29) is 17.4 Å². The average molecular weight is 406 g/mol. The first kappa shape index (κ1) is 21.9. The van der Waals surface area contributed by atoms with E-state index in [1.54, 1.807) is 29.7 Å². The molecule has 28 heavy (non-hydrogen) atoms. The molecule has 0 saturated heterocycles. The Kier molecular flexibility index (Phi) is 7.62. The lowest BCUT2D eigenvalue weighted by Gasteiger charge is -2.17. The lowest BCUT2D eigenvalue weighted by molar-refractivity contribution is -0.120. The first-order valence-electron chi connectivity index (χ1n) is 9.35. The Hall–Kier alpha value is -2.35. The summed E-state index contributed by atoms with van der Waals surface area (Å²) < 4.78 is 6.36. The monoisotopic (exact) mass is 405 g/mol. The van der Waals surface area contributed by atoms with Gasteiger partial charge in [-0.3, -0.25) is 14.2 Å². The van der Waals surface area contributed by atoms with E-state index >= 15 is 0 Å². The molecule has 1 aromatic carbocycles. The molecule has 1 amide bonds. The molecule has 2 rings (SSSR count). The summed E-state index contributed by atoms with van der Waals surface area (Å²) in [6, 6.07) is 4.71. The molecule has 0 aliphatic heterocycles. The number of rotatable bonds is 8. The lowest BCUT2D eigenvalue weighted by atomic mass is 10.1. The van der Waals surface area contributed by atoms with Crippen LogP contribution >= 0.6 is 11.8 Å². The van der Waals surface area contributed by atoms with Crippen molar-refractivity contribution < 1.29 is 14.3 Å². The molecular weight excluding hydrogens is 378 g/mol. The lowest BCUT2D eigenvalue weighted by Crippen LogP contribution is -2.32. The zero-order valence-corrected chi connectivity index (χ0v) is 17.8. The molecule has 1 heterocycles. The van der Waals surface area contributed by atoms with Gasteiger partial charge in [-0.25, -0.2) is 9.78 Å². The van der Waals surface area contributed by atoms with Gasteiger partial charge in [-0.2, -0.15) is 0 Å². The summed E-state index contributed by atoms with van der Waals surface area (Å²) in [6.07, 6.45) is 0.853. The number of ether oxygens (including phenoxy) is 1. The molecule has 0 aliphatic carbocycles. The van der Waals surface area contributed by atoms with E-state index in [1.807, 2.05) is 20.8 Å². The second-order valence-electron chi connectivity index (χ2n) is 6.98. The minimum Gasteiger partial charge on any atom is -0.465 e. The highest BCUT2D eigenvalue weighted by molar-refractivity contribution is 8.00. The number of fused-ring (bicyclic) bond motifs is 1. The third-order valence-corrected chi connectivity index (χ3v) is 5.18. The van der Waals surface area contributed by atoms with E-state index in [1.165, 1.54) is 18.9 Å². The summed E-state index contributed by atoms with van der Waals surface area (Å²) in [5, 5.41) is 3.35. The third-order valence-electron chi connectivity index (χ3n) is 4.09. The standard InChI is InChI=1S/C20H27N3O4S/c1-6-9-21-17(24)13(4)28-20-22-16-10-14(19(26)27-5)7-8-15(16)18(25)23(20)11-12(2)3/h7-8,10,12-13H,6,9,11H2,1-5H3,(H,21,24)/t13-/m1/s1. The van der Waals surface area contributed by atoms with Gasteiger partial charge in [0, 0.05) is 13.1 Å². The molecule has 1 atom stereocenters. The number of nitrogens with zero attached hydrogens (tertiary/aromatic N) is 2. The molecule has 0 bridgehead atoms. The van der Waals surface area contributed by atoms with E-state index in [0.29, 0.717) is 34.7 Å². The fourth-order valence-corrected chi connectivity index (χ4v) is 3.61.